The fraction of sp³-hybridized carbons (Fsp3) is 0.444. The highest BCUT2D eigenvalue weighted by Gasteiger charge is 2.30. The number of benzene rings is 2. The molecule has 7 nitrogen and oxygen atoms in total. The predicted molar refractivity (Wildman–Crippen MR) is 132 cm³/mol. The van der Waals surface area contributed by atoms with Crippen LogP contribution < -0.4 is 10.1 Å². The number of nitrogens with zero attached hydrogens (tertiary/aromatic N) is 2. The largest absolute Gasteiger partial charge is 0.493 e. The molecule has 1 saturated heterocycles. The number of para-hydroxylation sites is 3. The summed E-state index contributed by atoms with van der Waals surface area (Å²) in [6.07, 6.45) is 2.70. The molecule has 0 unspecified atom stereocenters. The molecule has 3 aromatic rings. The Morgan fingerprint density at radius 1 is 1.15 bits per heavy atom. The van der Waals surface area contributed by atoms with Gasteiger partial charge in [0.05, 0.1) is 36.0 Å². The highest BCUT2D eigenvalue weighted by Crippen LogP contribution is 2.24. The lowest BCUT2D eigenvalue weighted by Gasteiger charge is -2.33. The molecule has 0 bridgehead atoms. The van der Waals surface area contributed by atoms with Gasteiger partial charge in [0, 0.05) is 13.1 Å². The maximum atomic E-state index is 13.2. The van der Waals surface area contributed by atoms with E-state index in [1.54, 1.807) is 4.90 Å². The van der Waals surface area contributed by atoms with E-state index in [0.29, 0.717) is 32.0 Å². The molecule has 0 saturated carbocycles. The number of carbonyl (C=O) groups excluding carboxylic acids is 2. The van der Waals surface area contributed by atoms with Gasteiger partial charge in [-0.15, -0.1) is 0 Å². The number of rotatable bonds is 9. The lowest BCUT2D eigenvalue weighted by molar-refractivity contribution is -0.136. The zero-order valence-corrected chi connectivity index (χ0v) is 20.0. The molecule has 0 radical (unpaired) electrons. The summed E-state index contributed by atoms with van der Waals surface area (Å²) >= 11 is 0. The van der Waals surface area contributed by atoms with E-state index in [0.717, 1.165) is 41.9 Å². The van der Waals surface area contributed by atoms with Crippen molar-refractivity contribution < 1.29 is 14.3 Å². The topological polar surface area (TPSA) is 87.3 Å². The summed E-state index contributed by atoms with van der Waals surface area (Å²) in [5.74, 6) is 1.74. The first kappa shape index (κ1) is 23.8. The van der Waals surface area contributed by atoms with Gasteiger partial charge in [-0.2, -0.15) is 0 Å². The van der Waals surface area contributed by atoms with Crippen LogP contribution in [0.4, 0.5) is 0 Å². The Kier molecular flexibility index (Phi) is 7.83. The molecular weight excluding hydrogens is 428 g/mol. The van der Waals surface area contributed by atoms with Gasteiger partial charge < -0.3 is 19.9 Å². The van der Waals surface area contributed by atoms with Crippen LogP contribution in [0.1, 0.15) is 51.4 Å². The molecule has 0 aliphatic carbocycles. The molecule has 2 N–H and O–H groups in total. The zero-order valence-electron chi connectivity index (χ0n) is 20.0. The highest BCUT2D eigenvalue weighted by atomic mass is 16.5. The van der Waals surface area contributed by atoms with Crippen LogP contribution in [-0.4, -0.2) is 46.4 Å². The molecule has 7 heteroatoms. The number of fused-ring (bicyclic) bond motifs is 1. The number of piperidine rings is 1. The number of aromatic amines is 1. The van der Waals surface area contributed by atoms with Crippen LogP contribution in [-0.2, 0) is 9.59 Å². The fourth-order valence-electron chi connectivity index (χ4n) is 4.49. The SMILES string of the molecule is CC(C)C[C@H](NC(=O)[C@@H]1CCCN(C(=O)CCOc2ccccc2)C1)c1nc2ccccc2[nH]1. The summed E-state index contributed by atoms with van der Waals surface area (Å²) in [6, 6.07) is 17.2. The number of carbonyl (C=O) groups is 2. The summed E-state index contributed by atoms with van der Waals surface area (Å²) in [7, 11) is 0. The minimum Gasteiger partial charge on any atom is -0.493 e. The first-order valence-electron chi connectivity index (χ1n) is 12.2. The Morgan fingerprint density at radius 3 is 2.68 bits per heavy atom. The van der Waals surface area contributed by atoms with Gasteiger partial charge >= 0.3 is 0 Å². The average molecular weight is 463 g/mol. The van der Waals surface area contributed by atoms with Crippen LogP contribution in [0.5, 0.6) is 5.75 Å². The second kappa shape index (κ2) is 11.2. The van der Waals surface area contributed by atoms with E-state index in [9.17, 15) is 9.59 Å². The van der Waals surface area contributed by atoms with Gasteiger partial charge in [0.25, 0.3) is 0 Å². The van der Waals surface area contributed by atoms with Crippen molar-refractivity contribution >= 4 is 22.8 Å². The van der Waals surface area contributed by atoms with Crippen LogP contribution in [0, 0.1) is 11.8 Å². The molecule has 2 aromatic carbocycles. The number of aromatic nitrogens is 2. The summed E-state index contributed by atoms with van der Waals surface area (Å²) in [5.41, 5.74) is 1.86. The number of hydrogen-bond acceptors (Lipinski definition) is 4. The molecule has 1 aliphatic heterocycles. The first-order valence-corrected chi connectivity index (χ1v) is 12.2. The minimum atomic E-state index is -0.216. The lowest BCUT2D eigenvalue weighted by Crippen LogP contribution is -2.46. The summed E-state index contributed by atoms with van der Waals surface area (Å²) in [5, 5.41) is 3.22. The third-order valence-corrected chi connectivity index (χ3v) is 6.23. The third-order valence-electron chi connectivity index (χ3n) is 6.23. The number of hydrogen-bond donors (Lipinski definition) is 2. The van der Waals surface area contributed by atoms with Crippen LogP contribution in [0.25, 0.3) is 11.0 Å². The Bertz CT molecular complexity index is 1060. The number of amides is 2. The van der Waals surface area contributed by atoms with E-state index in [4.69, 9.17) is 9.72 Å². The molecule has 2 heterocycles. The molecule has 1 fully saturated rings. The van der Waals surface area contributed by atoms with Crippen LogP contribution in [0.3, 0.4) is 0 Å². The smallest absolute Gasteiger partial charge is 0.226 e. The number of likely N-dealkylation sites (tertiary alicyclic amines) is 1. The summed E-state index contributed by atoms with van der Waals surface area (Å²) in [4.78, 5) is 35.9. The van der Waals surface area contributed by atoms with Crippen molar-refractivity contribution in [2.75, 3.05) is 19.7 Å². The fourth-order valence-corrected chi connectivity index (χ4v) is 4.49. The van der Waals surface area contributed by atoms with Gasteiger partial charge in [-0.1, -0.05) is 44.2 Å². The maximum Gasteiger partial charge on any atom is 0.226 e. The Hall–Kier alpha value is -3.35. The molecular formula is C27H34N4O3. The predicted octanol–water partition coefficient (Wildman–Crippen LogP) is 4.47. The molecule has 0 spiro atoms. The third kappa shape index (κ3) is 6.16. The van der Waals surface area contributed by atoms with Crippen molar-refractivity contribution in [3.8, 4) is 5.75 Å². The van der Waals surface area contributed by atoms with Crippen molar-refractivity contribution in [3.63, 3.8) is 0 Å². The second-order valence-corrected chi connectivity index (χ2v) is 9.42. The van der Waals surface area contributed by atoms with Crippen LogP contribution in [0.2, 0.25) is 0 Å². The average Bonchev–Trinajstić information content (AvgIpc) is 3.28. The monoisotopic (exact) mass is 462 g/mol. The number of nitrogens with one attached hydrogen (secondary N) is 2. The van der Waals surface area contributed by atoms with Crippen molar-refractivity contribution in [3.05, 3.63) is 60.4 Å². The number of ether oxygens (including phenoxy) is 1. The quantitative estimate of drug-likeness (QED) is 0.491. The lowest BCUT2D eigenvalue weighted by atomic mass is 9.95. The van der Waals surface area contributed by atoms with Crippen molar-refractivity contribution in [1.82, 2.24) is 20.2 Å². The van der Waals surface area contributed by atoms with Crippen molar-refractivity contribution in [1.29, 1.82) is 0 Å². The molecule has 1 aliphatic rings. The molecule has 4 rings (SSSR count). The maximum absolute atomic E-state index is 13.2. The van der Waals surface area contributed by atoms with E-state index in [1.807, 2.05) is 54.6 Å². The standard InChI is InChI=1S/C27H34N4O3/c1-19(2)17-24(26-28-22-12-6-7-13-23(22)29-26)30-27(33)20-9-8-15-31(18-20)25(32)14-16-34-21-10-4-3-5-11-21/h3-7,10-13,19-20,24H,8-9,14-18H2,1-2H3,(H,28,29)(H,30,33)/t20-,24+/m1/s1. The van der Waals surface area contributed by atoms with Gasteiger partial charge in [0.15, 0.2) is 0 Å². The molecule has 180 valence electrons. The van der Waals surface area contributed by atoms with E-state index >= 15 is 0 Å². The molecule has 2 atom stereocenters. The second-order valence-electron chi connectivity index (χ2n) is 9.42. The molecule has 34 heavy (non-hydrogen) atoms. The van der Waals surface area contributed by atoms with E-state index in [1.165, 1.54) is 0 Å². The highest BCUT2D eigenvalue weighted by molar-refractivity contribution is 5.82. The van der Waals surface area contributed by atoms with Gasteiger partial charge in [0.2, 0.25) is 11.8 Å². The molecule has 1 aromatic heterocycles. The summed E-state index contributed by atoms with van der Waals surface area (Å²) in [6.45, 7) is 5.75. The normalized spacial score (nSPS) is 17.0. The Labute approximate surface area is 200 Å². The van der Waals surface area contributed by atoms with Crippen molar-refractivity contribution in [2.45, 2.75) is 45.6 Å². The van der Waals surface area contributed by atoms with Crippen molar-refractivity contribution in [2.24, 2.45) is 11.8 Å². The summed E-state index contributed by atoms with van der Waals surface area (Å²) < 4.78 is 5.67. The number of imidazole rings is 1. The van der Waals surface area contributed by atoms with Gasteiger partial charge in [-0.3, -0.25) is 9.59 Å². The van der Waals surface area contributed by atoms with Gasteiger partial charge in [0.1, 0.15) is 11.6 Å². The molecule has 2 amide bonds. The van der Waals surface area contributed by atoms with Crippen LogP contribution >= 0.6 is 0 Å². The zero-order chi connectivity index (χ0) is 23.9. The van der Waals surface area contributed by atoms with Gasteiger partial charge in [-0.25, -0.2) is 4.98 Å². The van der Waals surface area contributed by atoms with Gasteiger partial charge in [-0.05, 0) is 49.4 Å². The van der Waals surface area contributed by atoms with E-state index in [2.05, 4.69) is 24.1 Å². The Balaban J connectivity index is 1.34. The number of H-pyrrole nitrogens is 1. The Morgan fingerprint density at radius 2 is 1.91 bits per heavy atom. The minimum absolute atomic E-state index is 0.0101. The first-order chi connectivity index (χ1) is 16.5. The van der Waals surface area contributed by atoms with Crippen LogP contribution in [0.15, 0.2) is 54.6 Å². The van der Waals surface area contributed by atoms with E-state index in [-0.39, 0.29) is 23.8 Å². The van der Waals surface area contributed by atoms with E-state index < -0.39 is 0 Å².